The average molecular weight is 319 g/mol. The molecule has 1 saturated carbocycles. The first kappa shape index (κ1) is 15.2. The van der Waals surface area contributed by atoms with E-state index in [0.717, 1.165) is 34.9 Å². The van der Waals surface area contributed by atoms with E-state index < -0.39 is 5.60 Å². The Morgan fingerprint density at radius 1 is 1.12 bits per heavy atom. The zero-order valence-corrected chi connectivity index (χ0v) is 13.8. The van der Waals surface area contributed by atoms with Crippen LogP contribution in [0.4, 0.5) is 0 Å². The van der Waals surface area contributed by atoms with Crippen LogP contribution in [0.3, 0.4) is 0 Å². The molecule has 24 heavy (non-hydrogen) atoms. The van der Waals surface area contributed by atoms with Crippen molar-refractivity contribution in [3.63, 3.8) is 0 Å². The summed E-state index contributed by atoms with van der Waals surface area (Å²) in [5.74, 6) is 0.457. The van der Waals surface area contributed by atoms with Gasteiger partial charge in [-0.1, -0.05) is 42.5 Å². The predicted octanol–water partition coefficient (Wildman–Crippen LogP) is 3.75. The Hall–Kier alpha value is -2.39. The number of nitrogens with one attached hydrogen (secondary N) is 1. The standard InChI is InChI=1S/C21H21NO2/c1-21(24)12-18(13-21)15-8-6-14(7-9-15)10-17-11-16-4-2-3-5-19(16)22-20(17)23/h2-9,11,18,24H,10,12-13H2,1H3,(H,22,23). The van der Waals surface area contributed by atoms with Gasteiger partial charge in [-0.3, -0.25) is 4.79 Å². The molecule has 1 aliphatic rings. The molecule has 1 heterocycles. The summed E-state index contributed by atoms with van der Waals surface area (Å²) in [6, 6.07) is 18.3. The Morgan fingerprint density at radius 2 is 1.83 bits per heavy atom. The monoisotopic (exact) mass is 319 g/mol. The number of H-pyrrole nitrogens is 1. The second-order valence-electron chi connectivity index (χ2n) is 7.23. The van der Waals surface area contributed by atoms with Gasteiger partial charge >= 0.3 is 0 Å². The van der Waals surface area contributed by atoms with Crippen LogP contribution in [-0.2, 0) is 6.42 Å². The Bertz CT molecular complexity index is 930. The molecule has 0 amide bonds. The smallest absolute Gasteiger partial charge is 0.251 e. The molecule has 0 aliphatic heterocycles. The Kier molecular flexibility index (Phi) is 3.54. The lowest BCUT2D eigenvalue weighted by Crippen LogP contribution is -2.39. The van der Waals surface area contributed by atoms with E-state index >= 15 is 0 Å². The minimum atomic E-state index is -0.498. The summed E-state index contributed by atoms with van der Waals surface area (Å²) in [7, 11) is 0. The molecular formula is C21H21NO2. The number of benzene rings is 2. The molecular weight excluding hydrogens is 298 g/mol. The van der Waals surface area contributed by atoms with Gasteiger partial charge in [-0.25, -0.2) is 0 Å². The topological polar surface area (TPSA) is 53.1 Å². The Morgan fingerprint density at radius 3 is 2.54 bits per heavy atom. The van der Waals surface area contributed by atoms with Crippen LogP contribution in [0.15, 0.2) is 59.4 Å². The van der Waals surface area contributed by atoms with Crippen molar-refractivity contribution in [3.8, 4) is 0 Å². The second-order valence-corrected chi connectivity index (χ2v) is 7.23. The fraction of sp³-hybridized carbons (Fsp3) is 0.286. The van der Waals surface area contributed by atoms with Crippen LogP contribution >= 0.6 is 0 Å². The van der Waals surface area contributed by atoms with Gasteiger partial charge in [0, 0.05) is 17.5 Å². The van der Waals surface area contributed by atoms with Crippen molar-refractivity contribution < 1.29 is 5.11 Å². The summed E-state index contributed by atoms with van der Waals surface area (Å²) >= 11 is 0. The van der Waals surface area contributed by atoms with Gasteiger partial charge in [0.05, 0.1) is 5.60 Å². The van der Waals surface area contributed by atoms with E-state index in [0.29, 0.717) is 12.3 Å². The number of aromatic amines is 1. The highest BCUT2D eigenvalue weighted by atomic mass is 16.3. The van der Waals surface area contributed by atoms with Crippen molar-refractivity contribution in [2.45, 2.75) is 37.7 Å². The average Bonchev–Trinajstić information content (AvgIpc) is 2.54. The molecule has 0 spiro atoms. The zero-order chi connectivity index (χ0) is 16.7. The lowest BCUT2D eigenvalue weighted by Gasteiger charge is -2.41. The summed E-state index contributed by atoms with van der Waals surface area (Å²) in [6.45, 7) is 1.89. The van der Waals surface area contributed by atoms with Crippen molar-refractivity contribution in [1.82, 2.24) is 4.98 Å². The maximum atomic E-state index is 12.3. The molecule has 0 saturated heterocycles. The molecule has 3 aromatic rings. The molecule has 0 radical (unpaired) electrons. The molecule has 2 aromatic carbocycles. The van der Waals surface area contributed by atoms with Crippen molar-refractivity contribution in [2.75, 3.05) is 0 Å². The van der Waals surface area contributed by atoms with E-state index in [2.05, 4.69) is 29.2 Å². The molecule has 2 N–H and O–H groups in total. The third-order valence-corrected chi connectivity index (χ3v) is 5.05. The number of hydrogen-bond acceptors (Lipinski definition) is 2. The van der Waals surface area contributed by atoms with Gasteiger partial charge < -0.3 is 10.1 Å². The molecule has 1 fully saturated rings. The maximum Gasteiger partial charge on any atom is 0.251 e. The molecule has 1 aliphatic carbocycles. The molecule has 0 bridgehead atoms. The van der Waals surface area contributed by atoms with Gasteiger partial charge in [0.15, 0.2) is 0 Å². The largest absolute Gasteiger partial charge is 0.390 e. The fourth-order valence-corrected chi connectivity index (χ4v) is 3.69. The quantitative estimate of drug-likeness (QED) is 0.772. The van der Waals surface area contributed by atoms with Crippen molar-refractivity contribution in [3.05, 3.63) is 81.6 Å². The minimum Gasteiger partial charge on any atom is -0.390 e. The third kappa shape index (κ3) is 2.87. The van der Waals surface area contributed by atoms with Crippen molar-refractivity contribution in [1.29, 1.82) is 0 Å². The number of fused-ring (bicyclic) bond motifs is 1. The molecule has 3 nitrogen and oxygen atoms in total. The Labute approximate surface area is 141 Å². The second kappa shape index (κ2) is 5.60. The molecule has 4 rings (SSSR count). The van der Waals surface area contributed by atoms with E-state index in [1.807, 2.05) is 37.3 Å². The number of para-hydroxylation sites is 1. The third-order valence-electron chi connectivity index (χ3n) is 5.05. The lowest BCUT2D eigenvalue weighted by atomic mass is 9.69. The summed E-state index contributed by atoms with van der Waals surface area (Å²) in [5, 5.41) is 10.9. The zero-order valence-electron chi connectivity index (χ0n) is 13.8. The first-order valence-electron chi connectivity index (χ1n) is 8.42. The van der Waals surface area contributed by atoms with Crippen LogP contribution in [0, 0.1) is 0 Å². The minimum absolute atomic E-state index is 0.0205. The fourth-order valence-electron chi connectivity index (χ4n) is 3.69. The number of pyridine rings is 1. The maximum absolute atomic E-state index is 12.3. The van der Waals surface area contributed by atoms with E-state index in [9.17, 15) is 9.90 Å². The summed E-state index contributed by atoms with van der Waals surface area (Å²) < 4.78 is 0. The summed E-state index contributed by atoms with van der Waals surface area (Å²) in [4.78, 5) is 15.2. The number of hydrogen-bond donors (Lipinski definition) is 2. The van der Waals surface area contributed by atoms with E-state index in [1.54, 1.807) is 0 Å². The number of aliphatic hydroxyl groups is 1. The van der Waals surface area contributed by atoms with Crippen LogP contribution in [0.1, 0.15) is 42.4 Å². The highest BCUT2D eigenvalue weighted by Gasteiger charge is 2.38. The van der Waals surface area contributed by atoms with Gasteiger partial charge in [-0.15, -0.1) is 0 Å². The highest BCUT2D eigenvalue weighted by Crippen LogP contribution is 2.44. The van der Waals surface area contributed by atoms with Gasteiger partial charge in [-0.2, -0.15) is 0 Å². The van der Waals surface area contributed by atoms with Gasteiger partial charge in [0.25, 0.3) is 5.56 Å². The first-order chi connectivity index (χ1) is 11.5. The molecule has 122 valence electrons. The highest BCUT2D eigenvalue weighted by molar-refractivity contribution is 5.78. The van der Waals surface area contributed by atoms with Crippen LogP contribution in [0.25, 0.3) is 10.9 Å². The van der Waals surface area contributed by atoms with Crippen LogP contribution in [0.2, 0.25) is 0 Å². The summed E-state index contributed by atoms with van der Waals surface area (Å²) in [6.07, 6.45) is 2.29. The summed E-state index contributed by atoms with van der Waals surface area (Å²) in [5.41, 5.74) is 3.55. The van der Waals surface area contributed by atoms with Gasteiger partial charge in [0.2, 0.25) is 0 Å². The molecule has 0 atom stereocenters. The number of aromatic nitrogens is 1. The van der Waals surface area contributed by atoms with Crippen LogP contribution < -0.4 is 5.56 Å². The normalized spacial score (nSPS) is 23.2. The number of rotatable bonds is 3. The van der Waals surface area contributed by atoms with E-state index in [4.69, 9.17) is 0 Å². The predicted molar refractivity (Wildman–Crippen MR) is 96.4 cm³/mol. The van der Waals surface area contributed by atoms with Crippen molar-refractivity contribution >= 4 is 10.9 Å². The van der Waals surface area contributed by atoms with E-state index in [1.165, 1.54) is 5.56 Å². The SMILES string of the molecule is CC1(O)CC(c2ccc(Cc3cc4ccccc4[nH]c3=O)cc2)C1. The van der Waals surface area contributed by atoms with Gasteiger partial charge in [-0.05, 0) is 54.3 Å². The van der Waals surface area contributed by atoms with E-state index in [-0.39, 0.29) is 5.56 Å². The first-order valence-corrected chi connectivity index (χ1v) is 8.42. The van der Waals surface area contributed by atoms with Crippen LogP contribution in [0.5, 0.6) is 0 Å². The van der Waals surface area contributed by atoms with Crippen molar-refractivity contribution in [2.24, 2.45) is 0 Å². The molecule has 3 heteroatoms. The molecule has 1 aromatic heterocycles. The van der Waals surface area contributed by atoms with Gasteiger partial charge in [0.1, 0.15) is 0 Å². The Balaban J connectivity index is 1.55. The van der Waals surface area contributed by atoms with Crippen LogP contribution in [-0.4, -0.2) is 15.7 Å². The molecule has 0 unspecified atom stereocenters. The lowest BCUT2D eigenvalue weighted by molar-refractivity contribution is -0.0313.